The predicted molar refractivity (Wildman–Crippen MR) is 116 cm³/mol. The van der Waals surface area contributed by atoms with Crippen molar-refractivity contribution >= 4 is 40.4 Å². The molecule has 2 N–H and O–H groups in total. The Hall–Kier alpha value is -3.13. The molecule has 0 saturated heterocycles. The molecule has 3 heterocycles. The number of hydrogen-bond acceptors (Lipinski definition) is 6. The lowest BCUT2D eigenvalue weighted by molar-refractivity contribution is 0.140. The minimum absolute atomic E-state index is 0.143. The Morgan fingerprint density at radius 1 is 1.27 bits per heavy atom. The van der Waals surface area contributed by atoms with Crippen molar-refractivity contribution in [1.82, 2.24) is 15.0 Å². The quantitative estimate of drug-likeness (QED) is 0.631. The highest BCUT2D eigenvalue weighted by Gasteiger charge is 2.28. The molecule has 2 aromatic heterocycles. The number of anilines is 2. The summed E-state index contributed by atoms with van der Waals surface area (Å²) in [5.41, 5.74) is 1.79. The van der Waals surface area contributed by atoms with Gasteiger partial charge in [0.1, 0.15) is 12.4 Å². The highest BCUT2D eigenvalue weighted by Crippen LogP contribution is 2.27. The number of amides is 1. The molecule has 0 radical (unpaired) electrons. The molecule has 9 heteroatoms. The predicted octanol–water partition coefficient (Wildman–Crippen LogP) is 4.26. The van der Waals surface area contributed by atoms with E-state index in [9.17, 15) is 9.59 Å². The second kappa shape index (κ2) is 7.95. The first-order chi connectivity index (χ1) is 14.3. The lowest BCUT2D eigenvalue weighted by Gasteiger charge is -2.29. The van der Waals surface area contributed by atoms with Crippen molar-refractivity contribution < 1.29 is 9.53 Å². The smallest absolute Gasteiger partial charge is 0.415 e. The zero-order chi connectivity index (χ0) is 21.4. The minimum Gasteiger partial charge on any atom is -0.444 e. The zero-order valence-electron chi connectivity index (χ0n) is 16.9. The van der Waals surface area contributed by atoms with Crippen molar-refractivity contribution in [1.29, 1.82) is 0 Å². The van der Waals surface area contributed by atoms with E-state index in [1.54, 1.807) is 30.5 Å². The average Bonchev–Trinajstić information content (AvgIpc) is 2.69. The van der Waals surface area contributed by atoms with Crippen molar-refractivity contribution in [3.8, 4) is 0 Å². The summed E-state index contributed by atoms with van der Waals surface area (Å²) in [7, 11) is 0. The number of carbonyl (C=O) groups excluding carboxylic acids is 1. The molecule has 1 aliphatic rings. The number of benzene rings is 1. The van der Waals surface area contributed by atoms with Crippen LogP contribution in [0.3, 0.4) is 0 Å². The molecule has 1 aliphatic heterocycles. The van der Waals surface area contributed by atoms with E-state index < -0.39 is 6.09 Å². The van der Waals surface area contributed by atoms with Crippen LogP contribution in [0.25, 0.3) is 10.9 Å². The van der Waals surface area contributed by atoms with Gasteiger partial charge in [0.05, 0.1) is 11.6 Å². The largest absolute Gasteiger partial charge is 0.444 e. The molecule has 30 heavy (non-hydrogen) atoms. The van der Waals surface area contributed by atoms with Crippen molar-refractivity contribution in [2.45, 2.75) is 33.4 Å². The molecule has 0 saturated carbocycles. The normalized spacial score (nSPS) is 14.6. The van der Waals surface area contributed by atoms with Crippen LogP contribution in [0.15, 0.2) is 35.3 Å². The second-order valence-corrected chi connectivity index (χ2v) is 8.19. The molecule has 0 fully saturated rings. The molecule has 3 aromatic rings. The summed E-state index contributed by atoms with van der Waals surface area (Å²) in [6.45, 7) is 6.51. The standard InChI is InChI=1S/C21H22ClN5O3/c1-11(2)9-27-18-14(10-30-21(27)29)8-23-20(26-18)24-12(3)16-7-13-6-15(22)4-5-17(13)25-19(16)28/h4-8,11-12H,9-10H2,1-3H3,(H,25,28)(H,23,24,26). The van der Waals surface area contributed by atoms with Crippen LogP contribution < -0.4 is 15.8 Å². The summed E-state index contributed by atoms with van der Waals surface area (Å²) in [6.07, 6.45) is 1.22. The van der Waals surface area contributed by atoms with Gasteiger partial charge in [-0.25, -0.2) is 9.78 Å². The number of fused-ring (bicyclic) bond motifs is 2. The molecule has 1 amide bonds. The number of nitrogens with one attached hydrogen (secondary N) is 2. The van der Waals surface area contributed by atoms with E-state index in [-0.39, 0.29) is 24.1 Å². The Kier molecular flexibility index (Phi) is 5.34. The molecule has 4 rings (SSSR count). The van der Waals surface area contributed by atoms with E-state index >= 15 is 0 Å². The van der Waals surface area contributed by atoms with Gasteiger partial charge in [-0.2, -0.15) is 4.98 Å². The van der Waals surface area contributed by atoms with Gasteiger partial charge >= 0.3 is 6.09 Å². The Bertz CT molecular complexity index is 1180. The van der Waals surface area contributed by atoms with Gasteiger partial charge in [-0.15, -0.1) is 0 Å². The molecule has 156 valence electrons. The molecule has 1 aromatic carbocycles. The molecule has 0 aliphatic carbocycles. The SMILES string of the molecule is CC(C)CN1C(=O)OCc2cnc(NC(C)c3cc4cc(Cl)ccc4[nH]c3=O)nc21. The lowest BCUT2D eigenvalue weighted by Crippen LogP contribution is -2.39. The molecule has 0 spiro atoms. The number of hydrogen-bond donors (Lipinski definition) is 2. The summed E-state index contributed by atoms with van der Waals surface area (Å²) in [4.78, 5) is 38.0. The Morgan fingerprint density at radius 2 is 2.07 bits per heavy atom. The number of aromatic nitrogens is 3. The maximum absolute atomic E-state index is 12.6. The summed E-state index contributed by atoms with van der Waals surface area (Å²) in [5.74, 6) is 1.11. The topological polar surface area (TPSA) is 100 Å². The first kappa shape index (κ1) is 20.2. The fraction of sp³-hybridized carbons (Fsp3) is 0.333. The molecule has 8 nitrogen and oxygen atoms in total. The van der Waals surface area contributed by atoms with E-state index in [0.29, 0.717) is 34.4 Å². The van der Waals surface area contributed by atoms with Crippen LogP contribution >= 0.6 is 11.6 Å². The van der Waals surface area contributed by atoms with Crippen molar-refractivity contribution in [3.05, 3.63) is 57.0 Å². The summed E-state index contributed by atoms with van der Waals surface area (Å²) >= 11 is 6.08. The van der Waals surface area contributed by atoms with Crippen LogP contribution in [0, 0.1) is 5.92 Å². The third-order valence-electron chi connectivity index (χ3n) is 4.86. The molecular formula is C21H22ClN5O3. The van der Waals surface area contributed by atoms with E-state index in [1.807, 2.05) is 20.8 Å². The average molecular weight is 428 g/mol. The molecule has 1 atom stereocenters. The van der Waals surface area contributed by atoms with Crippen LogP contribution in [0.1, 0.15) is 37.9 Å². The molecule has 0 bridgehead atoms. The van der Waals surface area contributed by atoms with Gasteiger partial charge in [-0.05, 0) is 37.1 Å². The minimum atomic E-state index is -0.420. The number of rotatable bonds is 5. The van der Waals surface area contributed by atoms with Gasteiger partial charge in [-0.3, -0.25) is 9.69 Å². The van der Waals surface area contributed by atoms with Gasteiger partial charge in [0.15, 0.2) is 0 Å². The van der Waals surface area contributed by atoms with Gasteiger partial charge in [0, 0.05) is 34.2 Å². The van der Waals surface area contributed by atoms with Crippen LogP contribution in [-0.2, 0) is 11.3 Å². The lowest BCUT2D eigenvalue weighted by atomic mass is 10.1. The van der Waals surface area contributed by atoms with E-state index in [4.69, 9.17) is 16.3 Å². The van der Waals surface area contributed by atoms with Crippen molar-refractivity contribution in [2.24, 2.45) is 5.92 Å². The summed E-state index contributed by atoms with van der Waals surface area (Å²) in [5, 5.41) is 4.59. The number of nitrogens with zero attached hydrogens (tertiary/aromatic N) is 3. The number of aromatic amines is 1. The van der Waals surface area contributed by atoms with E-state index in [2.05, 4.69) is 20.3 Å². The molecule has 1 unspecified atom stereocenters. The van der Waals surface area contributed by atoms with Crippen molar-refractivity contribution in [3.63, 3.8) is 0 Å². The first-order valence-electron chi connectivity index (χ1n) is 9.71. The van der Waals surface area contributed by atoms with Gasteiger partial charge in [0.25, 0.3) is 5.56 Å². The number of pyridine rings is 1. The van der Waals surface area contributed by atoms with E-state index in [1.165, 1.54) is 4.90 Å². The summed E-state index contributed by atoms with van der Waals surface area (Å²) in [6, 6.07) is 6.74. The van der Waals surface area contributed by atoms with Gasteiger partial charge in [-0.1, -0.05) is 25.4 Å². The monoisotopic (exact) mass is 427 g/mol. The Balaban J connectivity index is 1.64. The number of ether oxygens (including phenoxy) is 1. The maximum atomic E-state index is 12.6. The third-order valence-corrected chi connectivity index (χ3v) is 5.10. The number of H-pyrrole nitrogens is 1. The Morgan fingerprint density at radius 3 is 2.83 bits per heavy atom. The second-order valence-electron chi connectivity index (χ2n) is 7.75. The first-order valence-corrected chi connectivity index (χ1v) is 10.1. The van der Waals surface area contributed by atoms with E-state index in [0.717, 1.165) is 10.9 Å². The third kappa shape index (κ3) is 3.95. The fourth-order valence-electron chi connectivity index (χ4n) is 3.42. The maximum Gasteiger partial charge on any atom is 0.415 e. The van der Waals surface area contributed by atoms with Gasteiger partial charge in [0.2, 0.25) is 5.95 Å². The van der Waals surface area contributed by atoms with Crippen LogP contribution in [0.4, 0.5) is 16.6 Å². The van der Waals surface area contributed by atoms with Crippen LogP contribution in [-0.4, -0.2) is 27.6 Å². The van der Waals surface area contributed by atoms with Crippen LogP contribution in [0.5, 0.6) is 0 Å². The number of cyclic esters (lactones) is 1. The van der Waals surface area contributed by atoms with Crippen molar-refractivity contribution in [2.75, 3.05) is 16.8 Å². The fourth-order valence-corrected chi connectivity index (χ4v) is 3.60. The highest BCUT2D eigenvalue weighted by atomic mass is 35.5. The zero-order valence-corrected chi connectivity index (χ0v) is 17.7. The highest BCUT2D eigenvalue weighted by molar-refractivity contribution is 6.31. The van der Waals surface area contributed by atoms with Crippen LogP contribution in [0.2, 0.25) is 5.02 Å². The number of carbonyl (C=O) groups is 1. The van der Waals surface area contributed by atoms with Gasteiger partial charge < -0.3 is 15.0 Å². The number of halogens is 1. The Labute approximate surface area is 178 Å². The summed E-state index contributed by atoms with van der Waals surface area (Å²) < 4.78 is 5.20. The molecular weight excluding hydrogens is 406 g/mol.